The first-order valence-corrected chi connectivity index (χ1v) is 4.98. The first-order chi connectivity index (χ1) is 7.31. The van der Waals surface area contributed by atoms with E-state index in [2.05, 4.69) is 10.6 Å². The minimum absolute atomic E-state index is 0. The molecule has 1 amide bonds. The lowest BCUT2D eigenvalue weighted by atomic mass is 10.1. The summed E-state index contributed by atoms with van der Waals surface area (Å²) in [6, 6.07) is 7.34. The smallest absolute Gasteiger partial charge is 0.241 e. The van der Waals surface area contributed by atoms with Crippen molar-refractivity contribution in [2.75, 3.05) is 19.0 Å². The molecule has 0 unspecified atom stereocenters. The molecule has 4 nitrogen and oxygen atoms in total. The van der Waals surface area contributed by atoms with Gasteiger partial charge in [-0.2, -0.15) is 0 Å². The van der Waals surface area contributed by atoms with Gasteiger partial charge in [-0.25, -0.2) is 0 Å². The number of nitrogens with one attached hydrogen (secondary N) is 2. The Hall–Kier alpha value is -1.26. The van der Waals surface area contributed by atoms with Gasteiger partial charge in [0.25, 0.3) is 0 Å². The molecule has 1 aliphatic rings. The molecular formula is C11H15ClN2O2. The van der Waals surface area contributed by atoms with Gasteiger partial charge in [0.05, 0.1) is 18.8 Å². The van der Waals surface area contributed by atoms with E-state index in [-0.39, 0.29) is 24.4 Å². The summed E-state index contributed by atoms with van der Waals surface area (Å²) >= 11 is 0. The van der Waals surface area contributed by atoms with Crippen molar-refractivity contribution in [3.05, 3.63) is 24.3 Å². The van der Waals surface area contributed by atoms with Crippen molar-refractivity contribution in [3.8, 4) is 5.75 Å². The number of methoxy groups -OCH3 is 1. The second-order valence-corrected chi connectivity index (χ2v) is 3.48. The second-order valence-electron chi connectivity index (χ2n) is 3.48. The van der Waals surface area contributed by atoms with E-state index in [1.165, 1.54) is 0 Å². The highest BCUT2D eigenvalue weighted by Gasteiger charge is 2.24. The number of carbonyl (C=O) groups is 1. The molecule has 1 saturated heterocycles. The Bertz CT molecular complexity index is 367. The SMILES string of the molecule is COc1ccccc1NC(=O)[C@H]1CCN1.Cl. The molecule has 1 fully saturated rings. The fourth-order valence-electron chi connectivity index (χ4n) is 1.48. The van der Waals surface area contributed by atoms with Crippen LogP contribution in [-0.2, 0) is 4.79 Å². The molecule has 0 spiro atoms. The highest BCUT2D eigenvalue weighted by molar-refractivity contribution is 5.96. The fourth-order valence-corrected chi connectivity index (χ4v) is 1.48. The zero-order valence-electron chi connectivity index (χ0n) is 9.03. The third-order valence-corrected chi connectivity index (χ3v) is 2.51. The van der Waals surface area contributed by atoms with Crippen LogP contribution >= 0.6 is 12.4 Å². The maximum absolute atomic E-state index is 11.6. The van der Waals surface area contributed by atoms with Crippen LogP contribution in [0.15, 0.2) is 24.3 Å². The minimum Gasteiger partial charge on any atom is -0.495 e. The van der Waals surface area contributed by atoms with Crippen LogP contribution in [-0.4, -0.2) is 25.6 Å². The topological polar surface area (TPSA) is 50.4 Å². The second kappa shape index (κ2) is 5.72. The number of carbonyl (C=O) groups excluding carboxylic acids is 1. The van der Waals surface area contributed by atoms with Crippen LogP contribution in [0.25, 0.3) is 0 Å². The van der Waals surface area contributed by atoms with Crippen LogP contribution < -0.4 is 15.4 Å². The Morgan fingerprint density at radius 2 is 2.19 bits per heavy atom. The van der Waals surface area contributed by atoms with Crippen molar-refractivity contribution in [2.24, 2.45) is 0 Å². The standard InChI is InChI=1S/C11H14N2O2.ClH/c1-15-10-5-3-2-4-8(10)13-11(14)9-6-7-12-9;/h2-5,9,12H,6-7H2,1H3,(H,13,14);1H/t9-;/m1./s1. The molecule has 2 N–H and O–H groups in total. The Morgan fingerprint density at radius 1 is 1.50 bits per heavy atom. The predicted molar refractivity (Wildman–Crippen MR) is 65.3 cm³/mol. The molecule has 0 bridgehead atoms. The van der Waals surface area contributed by atoms with E-state index in [0.717, 1.165) is 18.7 Å². The molecule has 0 aliphatic carbocycles. The molecule has 1 aromatic rings. The molecular weight excluding hydrogens is 228 g/mol. The fraction of sp³-hybridized carbons (Fsp3) is 0.364. The minimum atomic E-state index is -0.0464. The van der Waals surface area contributed by atoms with Gasteiger partial charge in [0.15, 0.2) is 0 Å². The maximum Gasteiger partial charge on any atom is 0.241 e. The number of hydrogen-bond acceptors (Lipinski definition) is 3. The number of halogens is 1. The monoisotopic (exact) mass is 242 g/mol. The molecule has 16 heavy (non-hydrogen) atoms. The highest BCUT2D eigenvalue weighted by atomic mass is 35.5. The van der Waals surface area contributed by atoms with E-state index in [1.807, 2.05) is 24.3 Å². The highest BCUT2D eigenvalue weighted by Crippen LogP contribution is 2.23. The number of benzene rings is 1. The van der Waals surface area contributed by atoms with Gasteiger partial charge in [-0.1, -0.05) is 12.1 Å². The van der Waals surface area contributed by atoms with Crippen molar-refractivity contribution >= 4 is 24.0 Å². The summed E-state index contributed by atoms with van der Waals surface area (Å²) in [6.45, 7) is 0.921. The first-order valence-electron chi connectivity index (χ1n) is 4.98. The van der Waals surface area contributed by atoms with Gasteiger partial charge < -0.3 is 15.4 Å². The lowest BCUT2D eigenvalue weighted by Gasteiger charge is -2.26. The molecule has 1 aliphatic heterocycles. The van der Waals surface area contributed by atoms with Gasteiger partial charge in [0, 0.05) is 0 Å². The Morgan fingerprint density at radius 3 is 2.75 bits per heavy atom. The largest absolute Gasteiger partial charge is 0.495 e. The van der Waals surface area contributed by atoms with Crippen LogP contribution in [0.3, 0.4) is 0 Å². The quantitative estimate of drug-likeness (QED) is 0.843. The van der Waals surface area contributed by atoms with Crippen molar-refractivity contribution in [1.29, 1.82) is 0 Å². The van der Waals surface area contributed by atoms with Crippen molar-refractivity contribution in [2.45, 2.75) is 12.5 Å². The number of anilines is 1. The van der Waals surface area contributed by atoms with Crippen LogP contribution in [0.1, 0.15) is 6.42 Å². The molecule has 5 heteroatoms. The van der Waals surface area contributed by atoms with E-state index in [4.69, 9.17) is 4.74 Å². The van der Waals surface area contributed by atoms with E-state index in [1.54, 1.807) is 7.11 Å². The predicted octanol–water partition coefficient (Wildman–Crippen LogP) is 1.42. The number of rotatable bonds is 3. The van der Waals surface area contributed by atoms with E-state index in [0.29, 0.717) is 5.75 Å². The molecule has 0 radical (unpaired) electrons. The molecule has 1 atom stereocenters. The Balaban J connectivity index is 0.00000128. The maximum atomic E-state index is 11.6. The molecule has 1 heterocycles. The van der Waals surface area contributed by atoms with Crippen LogP contribution in [0, 0.1) is 0 Å². The average Bonchev–Trinajstić information content (AvgIpc) is 2.15. The number of ether oxygens (including phenoxy) is 1. The molecule has 0 saturated carbocycles. The van der Waals surface area contributed by atoms with Crippen molar-refractivity contribution in [3.63, 3.8) is 0 Å². The van der Waals surface area contributed by atoms with Gasteiger partial charge in [0.2, 0.25) is 5.91 Å². The zero-order chi connectivity index (χ0) is 10.7. The third kappa shape index (κ3) is 2.65. The summed E-state index contributed by atoms with van der Waals surface area (Å²) in [6.07, 6.45) is 0.904. The van der Waals surface area contributed by atoms with Crippen LogP contribution in [0.4, 0.5) is 5.69 Å². The van der Waals surface area contributed by atoms with Gasteiger partial charge in [-0.3, -0.25) is 4.79 Å². The van der Waals surface area contributed by atoms with Crippen LogP contribution in [0.5, 0.6) is 5.75 Å². The first kappa shape index (κ1) is 12.8. The van der Waals surface area contributed by atoms with E-state index < -0.39 is 0 Å². The van der Waals surface area contributed by atoms with Gasteiger partial charge >= 0.3 is 0 Å². The Labute approximate surface area is 101 Å². The lowest BCUT2D eigenvalue weighted by Crippen LogP contribution is -2.50. The number of hydrogen-bond donors (Lipinski definition) is 2. The number of para-hydroxylation sites is 2. The molecule has 88 valence electrons. The zero-order valence-corrected chi connectivity index (χ0v) is 9.84. The average molecular weight is 243 g/mol. The van der Waals surface area contributed by atoms with E-state index in [9.17, 15) is 4.79 Å². The summed E-state index contributed by atoms with van der Waals surface area (Å²) in [4.78, 5) is 11.6. The third-order valence-electron chi connectivity index (χ3n) is 2.51. The van der Waals surface area contributed by atoms with Crippen LogP contribution in [0.2, 0.25) is 0 Å². The summed E-state index contributed by atoms with van der Waals surface area (Å²) in [5.41, 5.74) is 0.721. The molecule has 2 rings (SSSR count). The van der Waals surface area contributed by atoms with Gasteiger partial charge in [-0.15, -0.1) is 12.4 Å². The molecule has 0 aromatic heterocycles. The summed E-state index contributed by atoms with van der Waals surface area (Å²) in [5, 5.41) is 5.89. The van der Waals surface area contributed by atoms with Crippen molar-refractivity contribution in [1.82, 2.24) is 5.32 Å². The normalized spacial score (nSPS) is 17.9. The van der Waals surface area contributed by atoms with Crippen molar-refractivity contribution < 1.29 is 9.53 Å². The number of amides is 1. The van der Waals surface area contributed by atoms with Gasteiger partial charge in [-0.05, 0) is 25.1 Å². The summed E-state index contributed by atoms with van der Waals surface area (Å²) < 4.78 is 5.14. The van der Waals surface area contributed by atoms with Gasteiger partial charge in [0.1, 0.15) is 5.75 Å². The lowest BCUT2D eigenvalue weighted by molar-refractivity contribution is -0.119. The Kier molecular flexibility index (Phi) is 4.58. The summed E-state index contributed by atoms with van der Waals surface area (Å²) in [7, 11) is 1.59. The van der Waals surface area contributed by atoms with E-state index >= 15 is 0 Å². The summed E-state index contributed by atoms with van der Waals surface area (Å²) in [5.74, 6) is 0.691. The molecule has 1 aromatic carbocycles.